The molecule has 32 heavy (non-hydrogen) atoms. The molecular formula is C20H22N8O3S. The van der Waals surface area contributed by atoms with E-state index >= 15 is 0 Å². The molecule has 11 nitrogen and oxygen atoms in total. The van der Waals surface area contributed by atoms with Crippen LogP contribution in [-0.2, 0) is 4.79 Å². The van der Waals surface area contributed by atoms with Crippen LogP contribution in [0.1, 0.15) is 16.2 Å². The van der Waals surface area contributed by atoms with E-state index in [1.807, 2.05) is 12.1 Å². The molecule has 0 unspecified atom stereocenters. The summed E-state index contributed by atoms with van der Waals surface area (Å²) in [6.07, 6.45) is 3.37. The Labute approximate surface area is 187 Å². The second kappa shape index (κ2) is 8.75. The Balaban J connectivity index is 1.60. The van der Waals surface area contributed by atoms with Gasteiger partial charge in [0.25, 0.3) is 5.91 Å². The Morgan fingerprint density at radius 3 is 2.78 bits per heavy atom. The maximum absolute atomic E-state index is 12.8. The van der Waals surface area contributed by atoms with Crippen molar-refractivity contribution < 1.29 is 14.3 Å². The number of nitrogens with one attached hydrogen (secondary N) is 2. The van der Waals surface area contributed by atoms with Crippen LogP contribution >= 0.6 is 11.3 Å². The van der Waals surface area contributed by atoms with Crippen molar-refractivity contribution in [3.05, 3.63) is 29.7 Å². The number of carbonyl (C=O) groups is 2. The third kappa shape index (κ3) is 4.17. The number of thiazole rings is 1. The van der Waals surface area contributed by atoms with Gasteiger partial charge in [0.2, 0.25) is 5.91 Å². The van der Waals surface area contributed by atoms with E-state index in [1.54, 1.807) is 34.4 Å². The standard InChI is InChI=1S/C20H22N8O3S/c1-27(2)15(29)5-6-28(3)20(30)19-25-16-17(21-10-22-18(16)32-19)24-13-7-11-9-23-26-12(11)8-14(13)31-4/h7-10H,5-6H2,1-4H3,(H,23,26)(H,21,22,24). The second-order valence-corrected chi connectivity index (χ2v) is 8.27. The summed E-state index contributed by atoms with van der Waals surface area (Å²) in [4.78, 5) is 41.3. The van der Waals surface area contributed by atoms with E-state index in [1.165, 1.54) is 27.5 Å². The van der Waals surface area contributed by atoms with Gasteiger partial charge in [0.15, 0.2) is 10.8 Å². The monoisotopic (exact) mass is 454 g/mol. The van der Waals surface area contributed by atoms with Gasteiger partial charge >= 0.3 is 0 Å². The van der Waals surface area contributed by atoms with Crippen molar-refractivity contribution in [2.75, 3.05) is 40.1 Å². The van der Waals surface area contributed by atoms with E-state index in [-0.39, 0.29) is 23.2 Å². The average Bonchev–Trinajstić information content (AvgIpc) is 3.42. The molecular weight excluding hydrogens is 432 g/mol. The molecule has 3 heterocycles. The highest BCUT2D eigenvalue weighted by Crippen LogP contribution is 2.34. The van der Waals surface area contributed by atoms with Crippen molar-refractivity contribution in [1.29, 1.82) is 0 Å². The van der Waals surface area contributed by atoms with Gasteiger partial charge in [0.1, 0.15) is 22.4 Å². The van der Waals surface area contributed by atoms with Crippen molar-refractivity contribution >= 4 is 55.9 Å². The minimum Gasteiger partial charge on any atom is -0.494 e. The van der Waals surface area contributed by atoms with E-state index in [0.29, 0.717) is 34.1 Å². The normalized spacial score (nSPS) is 11.0. The van der Waals surface area contributed by atoms with Crippen LogP contribution in [0.25, 0.3) is 21.3 Å². The molecule has 2 N–H and O–H groups in total. The molecule has 1 aromatic carbocycles. The Kier molecular flexibility index (Phi) is 5.86. The van der Waals surface area contributed by atoms with E-state index < -0.39 is 0 Å². The number of aromatic amines is 1. The number of methoxy groups -OCH3 is 1. The molecule has 0 aliphatic heterocycles. The van der Waals surface area contributed by atoms with Gasteiger partial charge < -0.3 is 19.9 Å². The number of hydrogen-bond donors (Lipinski definition) is 2. The fourth-order valence-electron chi connectivity index (χ4n) is 3.05. The number of carbonyl (C=O) groups excluding carboxylic acids is 2. The van der Waals surface area contributed by atoms with Gasteiger partial charge in [-0.05, 0) is 6.07 Å². The zero-order chi connectivity index (χ0) is 22.8. The van der Waals surface area contributed by atoms with Crippen molar-refractivity contribution in [2.24, 2.45) is 0 Å². The van der Waals surface area contributed by atoms with Crippen LogP contribution in [0.5, 0.6) is 5.75 Å². The highest BCUT2D eigenvalue weighted by atomic mass is 32.1. The number of rotatable bonds is 7. The van der Waals surface area contributed by atoms with Gasteiger partial charge in [-0.25, -0.2) is 15.0 Å². The first-order valence-electron chi connectivity index (χ1n) is 9.72. The first kappa shape index (κ1) is 21.4. The smallest absolute Gasteiger partial charge is 0.282 e. The van der Waals surface area contributed by atoms with Crippen LogP contribution < -0.4 is 10.1 Å². The number of amides is 2. The summed E-state index contributed by atoms with van der Waals surface area (Å²) >= 11 is 1.18. The van der Waals surface area contributed by atoms with Gasteiger partial charge in [-0.2, -0.15) is 5.10 Å². The van der Waals surface area contributed by atoms with Crippen molar-refractivity contribution in [2.45, 2.75) is 6.42 Å². The Morgan fingerprint density at radius 2 is 2.03 bits per heavy atom. The lowest BCUT2D eigenvalue weighted by molar-refractivity contribution is -0.128. The lowest BCUT2D eigenvalue weighted by Crippen LogP contribution is -2.32. The predicted octanol–water partition coefficient (Wildman–Crippen LogP) is 2.27. The molecule has 0 spiro atoms. The van der Waals surface area contributed by atoms with Crippen LogP contribution in [0.2, 0.25) is 0 Å². The van der Waals surface area contributed by atoms with Crippen molar-refractivity contribution in [3.63, 3.8) is 0 Å². The quantitative estimate of drug-likeness (QED) is 0.435. The summed E-state index contributed by atoms with van der Waals surface area (Å²) in [5, 5.41) is 11.4. The number of benzene rings is 1. The van der Waals surface area contributed by atoms with E-state index in [2.05, 4.69) is 30.5 Å². The van der Waals surface area contributed by atoms with Gasteiger partial charge in [0.05, 0.1) is 24.5 Å². The first-order chi connectivity index (χ1) is 15.4. The van der Waals surface area contributed by atoms with Gasteiger partial charge in [-0.1, -0.05) is 11.3 Å². The molecule has 4 rings (SSSR count). The summed E-state index contributed by atoms with van der Waals surface area (Å²) in [7, 11) is 6.59. The van der Waals surface area contributed by atoms with Gasteiger partial charge in [-0.3, -0.25) is 14.7 Å². The lowest BCUT2D eigenvalue weighted by atomic mass is 10.2. The number of hydrogen-bond acceptors (Lipinski definition) is 9. The summed E-state index contributed by atoms with van der Waals surface area (Å²) < 4.78 is 5.48. The molecule has 2 amide bonds. The third-order valence-electron chi connectivity index (χ3n) is 4.90. The van der Waals surface area contributed by atoms with E-state index in [0.717, 1.165) is 10.9 Å². The number of H-pyrrole nitrogens is 1. The molecule has 4 aromatic rings. The number of anilines is 2. The van der Waals surface area contributed by atoms with Gasteiger partial charge in [-0.15, -0.1) is 0 Å². The third-order valence-corrected chi connectivity index (χ3v) is 5.85. The topological polar surface area (TPSA) is 129 Å². The van der Waals surface area contributed by atoms with Crippen molar-refractivity contribution in [1.82, 2.24) is 34.9 Å². The zero-order valence-electron chi connectivity index (χ0n) is 18.0. The van der Waals surface area contributed by atoms with E-state index in [9.17, 15) is 9.59 Å². The zero-order valence-corrected chi connectivity index (χ0v) is 18.9. The highest BCUT2D eigenvalue weighted by Gasteiger charge is 2.21. The van der Waals surface area contributed by atoms with E-state index in [4.69, 9.17) is 4.74 Å². The maximum atomic E-state index is 12.8. The largest absolute Gasteiger partial charge is 0.494 e. The van der Waals surface area contributed by atoms with Crippen LogP contribution in [-0.4, -0.2) is 81.6 Å². The second-order valence-electron chi connectivity index (χ2n) is 7.29. The van der Waals surface area contributed by atoms with Crippen LogP contribution in [0, 0.1) is 0 Å². The molecule has 166 valence electrons. The minimum atomic E-state index is -0.275. The average molecular weight is 455 g/mol. The summed E-state index contributed by atoms with van der Waals surface area (Å²) in [5.41, 5.74) is 2.01. The fourth-order valence-corrected chi connectivity index (χ4v) is 3.96. The lowest BCUT2D eigenvalue weighted by Gasteiger charge is -2.17. The highest BCUT2D eigenvalue weighted by molar-refractivity contribution is 7.19. The molecule has 0 bridgehead atoms. The van der Waals surface area contributed by atoms with Crippen molar-refractivity contribution in [3.8, 4) is 5.75 Å². The molecule has 0 saturated carbocycles. The SMILES string of the molecule is COc1cc2[nH]ncc2cc1Nc1ncnc2sc(C(=O)N(C)CCC(=O)N(C)C)nc12. The molecule has 0 saturated heterocycles. The van der Waals surface area contributed by atoms with Crippen LogP contribution in [0.4, 0.5) is 11.5 Å². The Hall–Kier alpha value is -3.80. The predicted molar refractivity (Wildman–Crippen MR) is 121 cm³/mol. The van der Waals surface area contributed by atoms with Crippen LogP contribution in [0.15, 0.2) is 24.7 Å². The maximum Gasteiger partial charge on any atom is 0.282 e. The molecule has 0 atom stereocenters. The number of nitrogens with zero attached hydrogens (tertiary/aromatic N) is 6. The summed E-state index contributed by atoms with van der Waals surface area (Å²) in [6.45, 7) is 0.296. The molecule has 0 fully saturated rings. The number of fused-ring (bicyclic) bond motifs is 2. The molecule has 0 radical (unpaired) electrons. The Bertz CT molecular complexity index is 1300. The molecule has 3 aromatic heterocycles. The minimum absolute atomic E-state index is 0.0464. The fraction of sp³-hybridized carbons (Fsp3) is 0.300. The summed E-state index contributed by atoms with van der Waals surface area (Å²) in [5.74, 6) is 0.736. The summed E-state index contributed by atoms with van der Waals surface area (Å²) in [6, 6.07) is 3.72. The molecule has 12 heteroatoms. The first-order valence-corrected chi connectivity index (χ1v) is 10.5. The Morgan fingerprint density at radius 1 is 1.22 bits per heavy atom. The number of ether oxygens (including phenoxy) is 1. The van der Waals surface area contributed by atoms with Crippen LogP contribution in [0.3, 0.4) is 0 Å². The molecule has 0 aliphatic rings. The molecule has 0 aliphatic carbocycles. The van der Waals surface area contributed by atoms with Gasteiger partial charge in [0, 0.05) is 45.6 Å². The number of aromatic nitrogens is 5.